The van der Waals surface area contributed by atoms with E-state index in [-0.39, 0.29) is 30.0 Å². The summed E-state index contributed by atoms with van der Waals surface area (Å²) in [5.74, 6) is -3.01. The summed E-state index contributed by atoms with van der Waals surface area (Å²) in [6.45, 7) is 16.4. The van der Waals surface area contributed by atoms with Crippen LogP contribution in [0.15, 0.2) is 0 Å². The van der Waals surface area contributed by atoms with E-state index in [2.05, 4.69) is 39.2 Å². The van der Waals surface area contributed by atoms with Gasteiger partial charge in [0.15, 0.2) is 8.32 Å². The predicted molar refractivity (Wildman–Crippen MR) is 111 cm³/mol. The fraction of sp³-hybridized carbons (Fsp3) is 0.850. The van der Waals surface area contributed by atoms with Crippen LogP contribution in [0.4, 0.5) is 0 Å². The van der Waals surface area contributed by atoms with Crippen molar-refractivity contribution in [1.82, 2.24) is 10.2 Å². The van der Waals surface area contributed by atoms with E-state index in [0.717, 1.165) is 0 Å². The van der Waals surface area contributed by atoms with E-state index in [9.17, 15) is 19.5 Å². The zero-order chi connectivity index (χ0) is 22.4. The number of fused-ring (bicyclic) bond motifs is 1. The summed E-state index contributed by atoms with van der Waals surface area (Å²) in [6.07, 6.45) is 0.230. The molecule has 2 fully saturated rings. The van der Waals surface area contributed by atoms with Crippen LogP contribution in [-0.4, -0.2) is 73.0 Å². The molecule has 2 aliphatic rings. The Morgan fingerprint density at radius 3 is 2.28 bits per heavy atom. The minimum atomic E-state index is -2.05. The molecule has 9 heteroatoms. The molecule has 2 saturated heterocycles. The van der Waals surface area contributed by atoms with Crippen LogP contribution < -0.4 is 5.32 Å². The van der Waals surface area contributed by atoms with Crippen molar-refractivity contribution in [2.24, 2.45) is 5.92 Å². The average Bonchev–Trinajstić information content (AvgIpc) is 2.92. The van der Waals surface area contributed by atoms with Gasteiger partial charge in [0.1, 0.15) is 17.7 Å². The first kappa shape index (κ1) is 23.8. The van der Waals surface area contributed by atoms with Crippen molar-refractivity contribution in [3.05, 3.63) is 0 Å². The minimum Gasteiger partial charge on any atom is -0.481 e. The maximum Gasteiger partial charge on any atom is 0.330 e. The number of carbonyl (C=O) groups excluding carboxylic acids is 2. The number of carboxylic acid groups (broad SMARTS) is 1. The lowest BCUT2D eigenvalue weighted by Gasteiger charge is -2.41. The number of nitrogens with zero attached hydrogens (tertiary/aromatic N) is 1. The van der Waals surface area contributed by atoms with E-state index >= 15 is 0 Å². The Balaban J connectivity index is 2.21. The van der Waals surface area contributed by atoms with Crippen molar-refractivity contribution < 1.29 is 28.7 Å². The summed E-state index contributed by atoms with van der Waals surface area (Å²) in [5.41, 5.74) is -0.764. The second-order valence-corrected chi connectivity index (χ2v) is 15.4. The molecule has 2 heterocycles. The lowest BCUT2D eigenvalue weighted by atomic mass is 9.99. The molecule has 4 atom stereocenters. The maximum atomic E-state index is 13.2. The highest BCUT2D eigenvalue weighted by Crippen LogP contribution is 2.38. The molecule has 2 rings (SSSR count). The van der Waals surface area contributed by atoms with Gasteiger partial charge in [0.25, 0.3) is 0 Å². The van der Waals surface area contributed by atoms with Gasteiger partial charge >= 0.3 is 11.9 Å². The fourth-order valence-corrected chi connectivity index (χ4v) is 4.53. The summed E-state index contributed by atoms with van der Waals surface area (Å²) in [7, 11) is -2.05. The molecule has 2 N–H and O–H groups in total. The highest BCUT2D eigenvalue weighted by molar-refractivity contribution is 6.74. The Morgan fingerprint density at radius 2 is 1.79 bits per heavy atom. The van der Waals surface area contributed by atoms with Crippen LogP contribution in [-0.2, 0) is 23.5 Å². The molecule has 0 aromatic heterocycles. The van der Waals surface area contributed by atoms with E-state index in [4.69, 9.17) is 9.16 Å². The SMILES string of the molecule is CC(C)(C)OC(=O)[C@@H]1[C@@H](C(=O)O)C[C@H]2CN[C@@H](CO[Si](C)(C)C(C)(C)C)C(=O)N21. The Morgan fingerprint density at radius 1 is 1.21 bits per heavy atom. The number of rotatable bonds is 5. The lowest BCUT2D eigenvalue weighted by molar-refractivity contribution is -0.169. The molecule has 0 saturated carbocycles. The first-order chi connectivity index (χ1) is 13.0. The number of carbonyl (C=O) groups is 3. The number of aliphatic carboxylic acids is 1. The summed E-state index contributed by atoms with van der Waals surface area (Å²) in [4.78, 5) is 39.3. The molecule has 29 heavy (non-hydrogen) atoms. The minimum absolute atomic E-state index is 0.00828. The smallest absolute Gasteiger partial charge is 0.330 e. The third-order valence-corrected chi connectivity index (χ3v) is 10.6. The van der Waals surface area contributed by atoms with Crippen LogP contribution in [0.1, 0.15) is 48.0 Å². The number of ether oxygens (including phenoxy) is 1. The summed E-state index contributed by atoms with van der Waals surface area (Å²) in [5, 5.41) is 12.8. The van der Waals surface area contributed by atoms with E-state index in [1.165, 1.54) is 4.90 Å². The van der Waals surface area contributed by atoms with Crippen LogP contribution in [0.25, 0.3) is 0 Å². The summed E-state index contributed by atoms with van der Waals surface area (Å²) in [6, 6.07) is -2.05. The van der Waals surface area contributed by atoms with Crippen LogP contribution >= 0.6 is 0 Å². The zero-order valence-corrected chi connectivity index (χ0v) is 19.9. The first-order valence-corrected chi connectivity index (χ1v) is 13.1. The normalized spacial score (nSPS) is 28.3. The molecule has 1 amide bonds. The highest BCUT2D eigenvalue weighted by Gasteiger charge is 2.55. The molecule has 0 aromatic rings. The molecule has 0 bridgehead atoms. The molecule has 8 nitrogen and oxygen atoms in total. The molecular weight excluding hydrogens is 392 g/mol. The number of nitrogens with one attached hydrogen (secondary N) is 1. The molecule has 0 aromatic carbocycles. The van der Waals surface area contributed by atoms with Crippen molar-refractivity contribution >= 4 is 26.2 Å². The van der Waals surface area contributed by atoms with E-state index < -0.39 is 43.9 Å². The van der Waals surface area contributed by atoms with Gasteiger partial charge in [0, 0.05) is 12.6 Å². The van der Waals surface area contributed by atoms with Crippen molar-refractivity contribution in [2.75, 3.05) is 13.2 Å². The van der Waals surface area contributed by atoms with Gasteiger partial charge in [-0.2, -0.15) is 0 Å². The standard InChI is InChI=1S/C20H36N2O6Si/c1-19(2,3)28-18(26)15-13(17(24)25)9-12-10-21-14(16(23)22(12)15)11-27-29(7,8)20(4,5)6/h12-15,21H,9-11H2,1-8H3,(H,24,25)/t12-,13-,14-,15-/m0/s1. The van der Waals surface area contributed by atoms with Crippen molar-refractivity contribution in [3.63, 3.8) is 0 Å². The van der Waals surface area contributed by atoms with Gasteiger partial charge < -0.3 is 24.5 Å². The van der Waals surface area contributed by atoms with E-state index in [0.29, 0.717) is 6.54 Å². The second kappa shape index (κ2) is 8.00. The summed E-state index contributed by atoms with van der Waals surface area (Å²) < 4.78 is 11.7. The molecule has 166 valence electrons. The largest absolute Gasteiger partial charge is 0.481 e. The molecule has 2 aliphatic heterocycles. The van der Waals surface area contributed by atoms with Crippen LogP contribution in [0, 0.1) is 5.92 Å². The van der Waals surface area contributed by atoms with Gasteiger partial charge in [-0.15, -0.1) is 0 Å². The van der Waals surface area contributed by atoms with Gasteiger partial charge in [0.2, 0.25) is 5.91 Å². The molecular formula is C20H36N2O6Si. The van der Waals surface area contributed by atoms with Gasteiger partial charge in [-0.25, -0.2) is 4.79 Å². The fourth-order valence-electron chi connectivity index (χ4n) is 3.52. The monoisotopic (exact) mass is 428 g/mol. The van der Waals surface area contributed by atoms with Crippen LogP contribution in [0.3, 0.4) is 0 Å². The molecule has 0 radical (unpaired) electrons. The number of hydrogen-bond acceptors (Lipinski definition) is 6. The quantitative estimate of drug-likeness (QED) is 0.510. The Bertz CT molecular complexity index is 667. The van der Waals surface area contributed by atoms with Crippen LogP contribution in [0.2, 0.25) is 18.1 Å². The first-order valence-electron chi connectivity index (χ1n) is 10.2. The average molecular weight is 429 g/mol. The molecule has 0 spiro atoms. The summed E-state index contributed by atoms with van der Waals surface area (Å²) >= 11 is 0. The van der Waals surface area contributed by atoms with Gasteiger partial charge in [0.05, 0.1) is 12.5 Å². The Kier molecular flexibility index (Phi) is 6.57. The van der Waals surface area contributed by atoms with Crippen LogP contribution in [0.5, 0.6) is 0 Å². The van der Waals surface area contributed by atoms with Gasteiger partial charge in [-0.3, -0.25) is 9.59 Å². The third kappa shape index (κ3) is 5.18. The number of piperazine rings is 1. The predicted octanol–water partition coefficient (Wildman–Crippen LogP) is 1.99. The number of hydrogen-bond donors (Lipinski definition) is 2. The molecule has 0 unspecified atom stereocenters. The zero-order valence-electron chi connectivity index (χ0n) is 18.9. The van der Waals surface area contributed by atoms with Gasteiger partial charge in [-0.05, 0) is 45.3 Å². The van der Waals surface area contributed by atoms with Crippen molar-refractivity contribution in [1.29, 1.82) is 0 Å². The van der Waals surface area contributed by atoms with Crippen molar-refractivity contribution in [3.8, 4) is 0 Å². The number of carboxylic acids is 1. The number of amides is 1. The van der Waals surface area contributed by atoms with E-state index in [1.807, 2.05) is 0 Å². The topological polar surface area (TPSA) is 105 Å². The van der Waals surface area contributed by atoms with Gasteiger partial charge in [-0.1, -0.05) is 20.8 Å². The third-order valence-electron chi connectivity index (χ3n) is 6.14. The molecule has 0 aliphatic carbocycles. The highest BCUT2D eigenvalue weighted by atomic mass is 28.4. The Labute approximate surface area is 174 Å². The second-order valence-electron chi connectivity index (χ2n) is 10.6. The lowest BCUT2D eigenvalue weighted by Crippen LogP contribution is -2.63. The number of esters is 1. The maximum absolute atomic E-state index is 13.2. The van der Waals surface area contributed by atoms with E-state index in [1.54, 1.807) is 20.8 Å². The Hall–Kier alpha value is -1.45. The van der Waals surface area contributed by atoms with Crippen molar-refractivity contribution in [2.45, 2.75) is 89.8 Å².